The second-order valence-corrected chi connectivity index (χ2v) is 17.5. The number of ether oxygens (including phenoxy) is 1. The Morgan fingerprint density at radius 2 is 1.42 bits per heavy atom. The van der Waals surface area contributed by atoms with Gasteiger partial charge in [0.15, 0.2) is 0 Å². The van der Waals surface area contributed by atoms with Crippen LogP contribution < -0.4 is 30.2 Å². The molecule has 2 heterocycles. The van der Waals surface area contributed by atoms with Crippen LogP contribution in [0.3, 0.4) is 0 Å². The Balaban J connectivity index is 1.42. The number of methoxy groups -OCH3 is 1. The number of nitrogens with zero attached hydrogens (tertiary/aromatic N) is 4. The Labute approximate surface area is 284 Å². The third-order valence-electron chi connectivity index (χ3n) is 9.05. The second-order valence-electron chi connectivity index (χ2n) is 13.2. The highest BCUT2D eigenvalue weighted by Crippen LogP contribution is 2.41. The molecule has 6 rings (SSSR count). The third-order valence-corrected chi connectivity index (χ3v) is 14.1. The minimum atomic E-state index is -2.87. The van der Waals surface area contributed by atoms with E-state index >= 15 is 0 Å². The summed E-state index contributed by atoms with van der Waals surface area (Å²) in [6, 6.07) is 37.6. The van der Waals surface area contributed by atoms with Gasteiger partial charge < -0.3 is 14.5 Å². The normalized spacial score (nSPS) is 15.5. The number of hydrogen-bond acceptors (Lipinski definition) is 6. The first-order chi connectivity index (χ1) is 23.1. The molecule has 48 heavy (non-hydrogen) atoms. The molecule has 8 nitrogen and oxygen atoms in total. The second kappa shape index (κ2) is 13.6. The molecular weight excluding hydrogens is 615 g/mol. The number of carbonyl (C=O) groups is 1. The highest BCUT2D eigenvalue weighted by molar-refractivity contribution is 6.99. The fourth-order valence-corrected chi connectivity index (χ4v) is 11.3. The number of amides is 2. The van der Waals surface area contributed by atoms with E-state index < -0.39 is 8.32 Å². The Hall–Kier alpha value is -4.99. The van der Waals surface area contributed by atoms with Crippen LogP contribution in [0.15, 0.2) is 121 Å². The van der Waals surface area contributed by atoms with Crippen molar-refractivity contribution in [3.05, 3.63) is 127 Å². The topological polar surface area (TPSA) is 79.8 Å². The number of aromatic nitrogens is 2. The standard InChI is InChI=1S/C39H43N5O3Si/c1-28(27-47-48(39(3,4)5,33-18-12-8-13-19-33)34-20-14-9-15-21-34)43-36-35(26-40-37(42-36)41-30-16-10-7-11-17-30)29(2)44(38(43)45)31-22-24-32(46-6)25-23-31/h7-26,28-29H,27H2,1-6H3,(H,40,41,42)/t28-,29+/m1/s1. The van der Waals surface area contributed by atoms with Gasteiger partial charge in [-0.3, -0.25) is 9.80 Å². The van der Waals surface area contributed by atoms with Gasteiger partial charge in [-0.1, -0.05) is 99.6 Å². The van der Waals surface area contributed by atoms with Gasteiger partial charge in [-0.15, -0.1) is 0 Å². The number of anilines is 4. The van der Waals surface area contributed by atoms with Crippen molar-refractivity contribution in [1.82, 2.24) is 9.97 Å². The van der Waals surface area contributed by atoms with Crippen LogP contribution in [0.2, 0.25) is 5.04 Å². The number of hydrogen-bond donors (Lipinski definition) is 1. The van der Waals surface area contributed by atoms with E-state index in [0.717, 1.165) is 22.7 Å². The number of nitrogens with one attached hydrogen (secondary N) is 1. The van der Waals surface area contributed by atoms with Crippen LogP contribution in [0.1, 0.15) is 46.2 Å². The molecule has 2 atom stereocenters. The molecular formula is C39H43N5O3Si. The van der Waals surface area contributed by atoms with Crippen LogP contribution in [0.5, 0.6) is 5.75 Å². The van der Waals surface area contributed by atoms with E-state index in [-0.39, 0.29) is 23.2 Å². The largest absolute Gasteiger partial charge is 0.497 e. The van der Waals surface area contributed by atoms with Gasteiger partial charge in [0.05, 0.1) is 25.8 Å². The maximum Gasteiger partial charge on any atom is 0.331 e. The third kappa shape index (κ3) is 6.19. The lowest BCUT2D eigenvalue weighted by Crippen LogP contribution is -2.67. The number of para-hydroxylation sites is 1. The molecule has 0 saturated heterocycles. The number of urea groups is 1. The van der Waals surface area contributed by atoms with Gasteiger partial charge in [0, 0.05) is 23.1 Å². The minimum Gasteiger partial charge on any atom is -0.497 e. The highest BCUT2D eigenvalue weighted by atomic mass is 28.4. The van der Waals surface area contributed by atoms with Crippen molar-refractivity contribution >= 4 is 47.9 Å². The summed E-state index contributed by atoms with van der Waals surface area (Å²) in [6.07, 6.45) is 1.82. The summed E-state index contributed by atoms with van der Waals surface area (Å²) in [5.41, 5.74) is 2.47. The zero-order valence-corrected chi connectivity index (χ0v) is 29.4. The van der Waals surface area contributed by atoms with Gasteiger partial charge in [0.1, 0.15) is 11.6 Å². The van der Waals surface area contributed by atoms with Crippen LogP contribution in [0.25, 0.3) is 0 Å². The lowest BCUT2D eigenvalue weighted by molar-refractivity contribution is 0.235. The molecule has 0 unspecified atom stereocenters. The molecule has 4 aromatic carbocycles. The van der Waals surface area contributed by atoms with Gasteiger partial charge in [0.2, 0.25) is 5.95 Å². The molecule has 9 heteroatoms. The SMILES string of the molecule is COc1ccc(N2C(=O)N([C@H](C)CO[Si](c3ccccc3)(c3ccccc3)C(C)(C)C)c3nc(Nc4ccccc4)ncc3[C@@H]2C)cc1. The van der Waals surface area contributed by atoms with E-state index in [0.29, 0.717) is 18.4 Å². The molecule has 1 aromatic heterocycles. The van der Waals surface area contributed by atoms with Crippen molar-refractivity contribution < 1.29 is 14.0 Å². The van der Waals surface area contributed by atoms with Crippen molar-refractivity contribution in [3.63, 3.8) is 0 Å². The summed E-state index contributed by atoms with van der Waals surface area (Å²) in [6.45, 7) is 11.1. The lowest BCUT2D eigenvalue weighted by Gasteiger charge is -2.46. The molecule has 5 aromatic rings. The molecule has 0 bridgehead atoms. The molecule has 0 aliphatic carbocycles. The highest BCUT2D eigenvalue weighted by Gasteiger charge is 2.51. The molecule has 0 radical (unpaired) electrons. The van der Waals surface area contributed by atoms with E-state index in [1.165, 1.54) is 10.4 Å². The maximum atomic E-state index is 14.7. The van der Waals surface area contributed by atoms with Crippen LogP contribution in [0, 0.1) is 0 Å². The van der Waals surface area contributed by atoms with Crippen molar-refractivity contribution in [1.29, 1.82) is 0 Å². The zero-order valence-electron chi connectivity index (χ0n) is 28.4. The van der Waals surface area contributed by atoms with Crippen LogP contribution >= 0.6 is 0 Å². The first-order valence-electron chi connectivity index (χ1n) is 16.3. The number of carbonyl (C=O) groups excluding carboxylic acids is 1. The summed E-state index contributed by atoms with van der Waals surface area (Å²) in [5, 5.41) is 5.47. The monoisotopic (exact) mass is 657 g/mol. The quantitative estimate of drug-likeness (QED) is 0.155. The smallest absolute Gasteiger partial charge is 0.331 e. The Kier molecular flexibility index (Phi) is 9.35. The predicted octanol–water partition coefficient (Wildman–Crippen LogP) is 7.70. The molecule has 2 amide bonds. The fourth-order valence-electron chi connectivity index (χ4n) is 6.65. The molecule has 1 N–H and O–H groups in total. The fraction of sp³-hybridized carbons (Fsp3) is 0.256. The van der Waals surface area contributed by atoms with Crippen molar-refractivity contribution in [2.45, 2.75) is 51.7 Å². The Morgan fingerprint density at radius 3 is 1.96 bits per heavy atom. The molecule has 0 spiro atoms. The van der Waals surface area contributed by atoms with Gasteiger partial charge in [-0.05, 0) is 65.7 Å². The summed E-state index contributed by atoms with van der Waals surface area (Å²) >= 11 is 0. The first-order valence-corrected chi connectivity index (χ1v) is 18.3. The average molecular weight is 658 g/mol. The van der Waals surface area contributed by atoms with Crippen LogP contribution in [-0.4, -0.2) is 44.1 Å². The van der Waals surface area contributed by atoms with E-state index in [4.69, 9.17) is 14.1 Å². The van der Waals surface area contributed by atoms with Crippen molar-refractivity contribution in [2.24, 2.45) is 0 Å². The van der Waals surface area contributed by atoms with Gasteiger partial charge in [-0.2, -0.15) is 4.98 Å². The molecule has 0 fully saturated rings. The van der Waals surface area contributed by atoms with E-state index in [1.54, 1.807) is 16.9 Å². The van der Waals surface area contributed by atoms with E-state index in [1.807, 2.05) is 86.8 Å². The summed E-state index contributed by atoms with van der Waals surface area (Å²) < 4.78 is 12.7. The average Bonchev–Trinajstić information content (AvgIpc) is 3.09. The van der Waals surface area contributed by atoms with Gasteiger partial charge in [0.25, 0.3) is 8.32 Å². The molecule has 246 valence electrons. The summed E-state index contributed by atoms with van der Waals surface area (Å²) in [7, 11) is -1.23. The van der Waals surface area contributed by atoms with Crippen molar-refractivity contribution in [3.8, 4) is 5.75 Å². The molecule has 1 aliphatic heterocycles. The first kappa shape index (κ1) is 32.9. The molecule has 0 saturated carbocycles. The van der Waals surface area contributed by atoms with E-state index in [2.05, 4.69) is 79.6 Å². The van der Waals surface area contributed by atoms with Crippen molar-refractivity contribution in [2.75, 3.05) is 28.8 Å². The summed E-state index contributed by atoms with van der Waals surface area (Å²) in [5.74, 6) is 1.72. The maximum absolute atomic E-state index is 14.7. The zero-order chi connectivity index (χ0) is 33.9. The number of benzene rings is 4. The predicted molar refractivity (Wildman–Crippen MR) is 197 cm³/mol. The summed E-state index contributed by atoms with van der Waals surface area (Å²) in [4.78, 5) is 27.9. The number of rotatable bonds is 10. The Morgan fingerprint density at radius 1 is 0.854 bits per heavy atom. The van der Waals surface area contributed by atoms with Gasteiger partial charge in [-0.25, -0.2) is 9.78 Å². The Bertz CT molecular complexity index is 1790. The minimum absolute atomic E-state index is 0.178. The lowest BCUT2D eigenvalue weighted by atomic mass is 10.0. The number of fused-ring (bicyclic) bond motifs is 1. The van der Waals surface area contributed by atoms with Gasteiger partial charge >= 0.3 is 6.03 Å². The van der Waals surface area contributed by atoms with Crippen LogP contribution in [0.4, 0.5) is 27.9 Å². The molecule has 1 aliphatic rings. The van der Waals surface area contributed by atoms with E-state index in [9.17, 15) is 4.79 Å². The van der Waals surface area contributed by atoms with Crippen LogP contribution in [-0.2, 0) is 4.43 Å².